The molecule has 0 heterocycles. The maximum absolute atomic E-state index is 12.7. The molecule has 0 aromatic heterocycles. The second-order valence-corrected chi connectivity index (χ2v) is 11.2. The van der Waals surface area contributed by atoms with Crippen molar-refractivity contribution in [2.24, 2.45) is 5.41 Å². The molecule has 0 saturated carbocycles. The van der Waals surface area contributed by atoms with Gasteiger partial charge in [0.25, 0.3) is 9.04 Å². The lowest BCUT2D eigenvalue weighted by Gasteiger charge is -2.39. The van der Waals surface area contributed by atoms with Gasteiger partial charge in [0.1, 0.15) is 6.61 Å². The third-order valence-electron chi connectivity index (χ3n) is 5.49. The highest BCUT2D eigenvalue weighted by Crippen LogP contribution is 2.27. The number of nitrogens with one attached hydrogen (secondary N) is 1. The maximum Gasteiger partial charge on any atom is 0.407 e. The van der Waals surface area contributed by atoms with E-state index in [4.69, 9.17) is 9.16 Å². The van der Waals surface area contributed by atoms with Crippen LogP contribution in [-0.2, 0) is 15.8 Å². The first-order chi connectivity index (χ1) is 15.9. The fraction of sp³-hybridized carbons (Fsp3) is 0.321. The summed E-state index contributed by atoms with van der Waals surface area (Å²) in [7, 11) is -1.52. The van der Waals surface area contributed by atoms with Gasteiger partial charge in [0.05, 0.1) is 12.1 Å². The number of hydrogen-bond donors (Lipinski definition) is 1. The maximum atomic E-state index is 12.7. The minimum Gasteiger partial charge on any atom is -0.445 e. The highest BCUT2D eigenvalue weighted by Gasteiger charge is 2.37. The van der Waals surface area contributed by atoms with E-state index in [2.05, 4.69) is 81.5 Å². The molecule has 0 bridgehead atoms. The molecule has 0 aliphatic rings. The summed E-state index contributed by atoms with van der Waals surface area (Å²) in [5.74, 6) is 0. The number of hydrogen-bond acceptors (Lipinski definition) is 3. The SMILES string of the molecule is CC[C@H](NC(=O)OCc1ccccc1)C(O[Si](c1ccccc1)c1ccccc1)C(C)(C)C. The summed E-state index contributed by atoms with van der Waals surface area (Å²) in [6.45, 7) is 8.79. The van der Waals surface area contributed by atoms with Crippen LogP contribution >= 0.6 is 0 Å². The zero-order valence-corrected chi connectivity index (χ0v) is 21.0. The number of amides is 1. The van der Waals surface area contributed by atoms with Gasteiger partial charge in [0.15, 0.2) is 0 Å². The van der Waals surface area contributed by atoms with Crippen molar-refractivity contribution in [3.8, 4) is 0 Å². The van der Waals surface area contributed by atoms with Gasteiger partial charge in [-0.2, -0.15) is 0 Å². The molecule has 173 valence electrons. The van der Waals surface area contributed by atoms with Crippen LogP contribution in [0, 0.1) is 5.41 Å². The molecule has 33 heavy (non-hydrogen) atoms. The number of alkyl carbamates (subject to hydrolysis) is 1. The van der Waals surface area contributed by atoms with Crippen molar-refractivity contribution >= 4 is 25.5 Å². The van der Waals surface area contributed by atoms with Gasteiger partial charge >= 0.3 is 6.09 Å². The van der Waals surface area contributed by atoms with Crippen LogP contribution in [0.4, 0.5) is 4.79 Å². The smallest absolute Gasteiger partial charge is 0.407 e. The van der Waals surface area contributed by atoms with Crippen LogP contribution in [0.2, 0.25) is 0 Å². The van der Waals surface area contributed by atoms with Crippen molar-refractivity contribution in [1.82, 2.24) is 5.32 Å². The van der Waals surface area contributed by atoms with Gasteiger partial charge in [-0.25, -0.2) is 4.79 Å². The van der Waals surface area contributed by atoms with E-state index >= 15 is 0 Å². The summed E-state index contributed by atoms with van der Waals surface area (Å²) in [6.07, 6.45) is 0.124. The van der Waals surface area contributed by atoms with Crippen molar-refractivity contribution in [3.05, 3.63) is 96.6 Å². The van der Waals surface area contributed by atoms with E-state index in [1.807, 2.05) is 42.5 Å². The van der Waals surface area contributed by atoms with E-state index in [0.29, 0.717) is 0 Å². The number of ether oxygens (including phenoxy) is 1. The van der Waals surface area contributed by atoms with Crippen LogP contribution < -0.4 is 15.7 Å². The molecule has 1 amide bonds. The predicted octanol–water partition coefficient (Wildman–Crippen LogP) is 4.93. The average Bonchev–Trinajstić information content (AvgIpc) is 2.83. The molecule has 0 fully saturated rings. The highest BCUT2D eigenvalue weighted by atomic mass is 28.3. The van der Waals surface area contributed by atoms with Gasteiger partial charge in [-0.05, 0) is 27.8 Å². The Morgan fingerprint density at radius 3 is 1.79 bits per heavy atom. The van der Waals surface area contributed by atoms with Gasteiger partial charge in [-0.3, -0.25) is 0 Å². The molecule has 0 spiro atoms. The predicted molar refractivity (Wildman–Crippen MR) is 136 cm³/mol. The van der Waals surface area contributed by atoms with Crippen LogP contribution in [0.25, 0.3) is 0 Å². The molecular formula is C28H34NO3Si. The number of rotatable bonds is 9. The monoisotopic (exact) mass is 460 g/mol. The number of carbonyl (C=O) groups excluding carboxylic acids is 1. The third kappa shape index (κ3) is 7.31. The lowest BCUT2D eigenvalue weighted by molar-refractivity contribution is 0.0469. The van der Waals surface area contributed by atoms with Gasteiger partial charge in [0.2, 0.25) is 0 Å². The fourth-order valence-electron chi connectivity index (χ4n) is 3.78. The average molecular weight is 461 g/mol. The first-order valence-electron chi connectivity index (χ1n) is 11.5. The number of carbonyl (C=O) groups is 1. The number of benzene rings is 3. The van der Waals surface area contributed by atoms with Crippen molar-refractivity contribution < 1.29 is 14.0 Å². The molecule has 1 unspecified atom stereocenters. The fourth-order valence-corrected chi connectivity index (χ4v) is 6.15. The largest absolute Gasteiger partial charge is 0.445 e. The summed E-state index contributed by atoms with van der Waals surface area (Å²) in [4.78, 5) is 12.7. The Hall–Kier alpha value is -2.89. The molecule has 3 aromatic rings. The van der Waals surface area contributed by atoms with Crippen molar-refractivity contribution in [2.45, 2.75) is 52.9 Å². The van der Waals surface area contributed by atoms with Crippen molar-refractivity contribution in [3.63, 3.8) is 0 Å². The van der Waals surface area contributed by atoms with Crippen molar-refractivity contribution in [1.29, 1.82) is 0 Å². The Bertz CT molecular complexity index is 935. The second-order valence-electron chi connectivity index (χ2n) is 9.19. The Morgan fingerprint density at radius 1 is 0.848 bits per heavy atom. The summed E-state index contributed by atoms with van der Waals surface area (Å²) >= 11 is 0. The molecular weight excluding hydrogens is 426 g/mol. The Balaban J connectivity index is 1.79. The Labute approximate surface area is 199 Å². The minimum absolute atomic E-state index is 0.180. The summed E-state index contributed by atoms with van der Waals surface area (Å²) in [6, 6.07) is 30.3. The molecule has 0 aliphatic carbocycles. The van der Waals surface area contributed by atoms with Crippen LogP contribution in [-0.4, -0.2) is 27.3 Å². The zero-order chi connectivity index (χ0) is 23.7. The Kier molecular flexibility index (Phi) is 8.86. The second kappa shape index (κ2) is 11.8. The van der Waals surface area contributed by atoms with Gasteiger partial charge < -0.3 is 14.5 Å². The lowest BCUT2D eigenvalue weighted by Crippen LogP contribution is -2.56. The van der Waals surface area contributed by atoms with Crippen LogP contribution in [0.5, 0.6) is 0 Å². The lowest BCUT2D eigenvalue weighted by atomic mass is 9.84. The standard InChI is InChI=1S/C28H34NO3Si/c1-5-25(29-27(30)31-21-22-15-9-6-10-16-22)26(28(2,3)4)32-33(23-17-11-7-12-18-23)24-19-13-8-14-20-24/h6-20,25-26H,5,21H2,1-4H3,(H,29,30)/t25-,26?/m0/s1. The summed E-state index contributed by atoms with van der Waals surface area (Å²) in [5, 5.41) is 5.45. The van der Waals surface area contributed by atoms with E-state index in [0.717, 1.165) is 12.0 Å². The van der Waals surface area contributed by atoms with Gasteiger partial charge in [-0.15, -0.1) is 0 Å². The van der Waals surface area contributed by atoms with Gasteiger partial charge in [-0.1, -0.05) is 119 Å². The molecule has 3 rings (SSSR count). The van der Waals surface area contributed by atoms with Crippen molar-refractivity contribution in [2.75, 3.05) is 0 Å². The molecule has 1 N–H and O–H groups in total. The van der Waals surface area contributed by atoms with E-state index < -0.39 is 15.1 Å². The van der Waals surface area contributed by atoms with Crippen LogP contribution in [0.15, 0.2) is 91.0 Å². The first-order valence-corrected chi connectivity index (χ1v) is 12.9. The molecule has 1 radical (unpaired) electrons. The normalized spacial score (nSPS) is 13.4. The van der Waals surface area contributed by atoms with E-state index in [9.17, 15) is 4.79 Å². The van der Waals surface area contributed by atoms with E-state index in [1.54, 1.807) is 0 Å². The first kappa shape index (κ1) is 24.7. The van der Waals surface area contributed by atoms with Crippen LogP contribution in [0.3, 0.4) is 0 Å². The zero-order valence-electron chi connectivity index (χ0n) is 20.0. The van der Waals surface area contributed by atoms with Crippen LogP contribution in [0.1, 0.15) is 39.7 Å². The topological polar surface area (TPSA) is 47.6 Å². The molecule has 0 saturated heterocycles. The highest BCUT2D eigenvalue weighted by molar-refractivity contribution is 6.80. The van der Waals surface area contributed by atoms with E-state index in [-0.39, 0.29) is 24.2 Å². The molecule has 4 nitrogen and oxygen atoms in total. The molecule has 2 atom stereocenters. The summed E-state index contributed by atoms with van der Waals surface area (Å²) in [5.41, 5.74) is 0.773. The molecule has 3 aromatic carbocycles. The van der Waals surface area contributed by atoms with E-state index in [1.165, 1.54) is 10.4 Å². The minimum atomic E-state index is -1.52. The molecule has 5 heteroatoms. The third-order valence-corrected chi connectivity index (χ3v) is 7.70. The quantitative estimate of drug-likeness (QED) is 0.461. The Morgan fingerprint density at radius 2 is 1.33 bits per heavy atom. The van der Waals surface area contributed by atoms with Gasteiger partial charge in [0, 0.05) is 0 Å². The molecule has 0 aliphatic heterocycles. The summed E-state index contributed by atoms with van der Waals surface area (Å²) < 4.78 is 12.4.